The number of benzene rings is 1. The molecule has 0 spiro atoms. The summed E-state index contributed by atoms with van der Waals surface area (Å²) < 4.78 is 11.7. The summed E-state index contributed by atoms with van der Waals surface area (Å²) in [6, 6.07) is 2.95. The molecule has 0 radical (unpaired) electrons. The molecule has 0 atom stereocenters. The highest BCUT2D eigenvalue weighted by molar-refractivity contribution is 14.1. The molecular weight excluding hydrogens is 471 g/mol. The summed E-state index contributed by atoms with van der Waals surface area (Å²) in [6.07, 6.45) is 0. The number of halogens is 1. The van der Waals surface area contributed by atoms with E-state index in [-0.39, 0.29) is 11.1 Å². The van der Waals surface area contributed by atoms with Crippen LogP contribution in [0, 0.1) is 3.57 Å². The zero-order valence-electron chi connectivity index (χ0n) is 14.5. The topological polar surface area (TPSA) is 152 Å². The van der Waals surface area contributed by atoms with Gasteiger partial charge in [-0.25, -0.2) is 9.59 Å². The van der Waals surface area contributed by atoms with Crippen LogP contribution in [-0.4, -0.2) is 40.3 Å². The van der Waals surface area contributed by atoms with Gasteiger partial charge in [-0.15, -0.1) is 0 Å². The van der Waals surface area contributed by atoms with Crippen LogP contribution in [0.3, 0.4) is 0 Å². The molecule has 0 saturated heterocycles. The Morgan fingerprint density at radius 1 is 1.11 bits per heavy atom. The lowest BCUT2D eigenvalue weighted by Crippen LogP contribution is -2.24. The molecule has 0 unspecified atom stereocenters. The normalized spacial score (nSPS) is 10.5. The number of aromatic nitrogens is 1. The minimum absolute atomic E-state index is 0.166. The van der Waals surface area contributed by atoms with Crippen molar-refractivity contribution in [2.24, 2.45) is 0 Å². The van der Waals surface area contributed by atoms with Crippen LogP contribution in [0.5, 0.6) is 11.5 Å². The van der Waals surface area contributed by atoms with E-state index in [4.69, 9.17) is 15.2 Å². The maximum Gasteiger partial charge on any atom is 0.342 e. The number of ether oxygens (including phenoxy) is 2. The Labute approximate surface area is 167 Å². The average Bonchev–Trinajstić information content (AvgIpc) is 2.56. The Balaban J connectivity index is 2.94. The Morgan fingerprint density at radius 2 is 1.70 bits per heavy atom. The molecule has 0 aliphatic carbocycles. The van der Waals surface area contributed by atoms with Gasteiger partial charge in [0.15, 0.2) is 11.5 Å². The third-order valence-electron chi connectivity index (χ3n) is 3.56. The lowest BCUT2D eigenvalue weighted by atomic mass is 9.95. The highest BCUT2D eigenvalue weighted by Gasteiger charge is 2.28. The maximum absolute atomic E-state index is 12.1. The summed E-state index contributed by atoms with van der Waals surface area (Å²) in [5.74, 6) is -2.74. The van der Waals surface area contributed by atoms with Gasteiger partial charge in [0.05, 0.1) is 16.8 Å². The zero-order valence-corrected chi connectivity index (χ0v) is 16.6. The first kappa shape index (κ1) is 20.6. The second kappa shape index (κ2) is 8.29. The Kier molecular flexibility index (Phi) is 6.31. The highest BCUT2D eigenvalue weighted by Crippen LogP contribution is 2.39. The first-order valence-corrected chi connectivity index (χ1v) is 8.92. The van der Waals surface area contributed by atoms with Gasteiger partial charge in [-0.2, -0.15) is 0 Å². The van der Waals surface area contributed by atoms with Crippen molar-refractivity contribution in [3.05, 3.63) is 37.2 Å². The molecule has 0 aliphatic heterocycles. The number of hydrogen-bond donors (Lipinski definition) is 4. The summed E-state index contributed by atoms with van der Waals surface area (Å²) in [5.41, 5.74) is 3.31. The number of anilines is 1. The van der Waals surface area contributed by atoms with Crippen molar-refractivity contribution >= 4 is 40.3 Å². The fourth-order valence-corrected chi connectivity index (χ4v) is 3.35. The number of pyridine rings is 1. The van der Waals surface area contributed by atoms with Crippen LogP contribution in [0.25, 0.3) is 11.1 Å². The van der Waals surface area contributed by atoms with Crippen molar-refractivity contribution in [1.82, 2.24) is 4.98 Å². The number of hydrogen-bond acceptors (Lipinski definition) is 6. The molecule has 27 heavy (non-hydrogen) atoms. The predicted molar refractivity (Wildman–Crippen MR) is 106 cm³/mol. The number of carbonyl (C=O) groups is 2. The highest BCUT2D eigenvalue weighted by atomic mass is 127. The van der Waals surface area contributed by atoms with Crippen LogP contribution in [0.4, 0.5) is 5.82 Å². The first-order valence-electron chi connectivity index (χ1n) is 7.84. The fraction of sp³-hybridized carbons (Fsp3) is 0.235. The van der Waals surface area contributed by atoms with Gasteiger partial charge in [0.1, 0.15) is 16.9 Å². The van der Waals surface area contributed by atoms with Crippen LogP contribution >= 0.6 is 22.6 Å². The van der Waals surface area contributed by atoms with E-state index in [1.165, 1.54) is 12.1 Å². The van der Waals surface area contributed by atoms with Crippen molar-refractivity contribution in [3.8, 4) is 22.6 Å². The van der Waals surface area contributed by atoms with E-state index >= 15 is 0 Å². The smallest absolute Gasteiger partial charge is 0.342 e. The van der Waals surface area contributed by atoms with Gasteiger partial charge in [0.25, 0.3) is 5.56 Å². The molecule has 1 aromatic heterocycles. The number of nitrogens with two attached hydrogens (primary N) is 1. The number of nitrogens with one attached hydrogen (secondary N) is 1. The predicted octanol–water partition coefficient (Wildman–Crippen LogP) is 2.42. The molecule has 2 rings (SSSR count). The molecule has 2 aromatic rings. The molecule has 144 valence electrons. The minimum Gasteiger partial charge on any atom is -0.490 e. The fourth-order valence-electron chi connectivity index (χ4n) is 2.60. The lowest BCUT2D eigenvalue weighted by Gasteiger charge is -2.17. The molecular formula is C17H17IN2O7. The van der Waals surface area contributed by atoms with Gasteiger partial charge in [-0.1, -0.05) is 0 Å². The number of carboxylic acid groups (broad SMARTS) is 2. The molecule has 5 N–H and O–H groups in total. The van der Waals surface area contributed by atoms with E-state index in [0.717, 1.165) is 0 Å². The lowest BCUT2D eigenvalue weighted by molar-refractivity contribution is 0.0695. The van der Waals surface area contributed by atoms with Gasteiger partial charge in [-0.05, 0) is 54.1 Å². The van der Waals surface area contributed by atoms with Crippen molar-refractivity contribution in [1.29, 1.82) is 0 Å². The quantitative estimate of drug-likeness (QED) is 0.434. The summed E-state index contributed by atoms with van der Waals surface area (Å²) >= 11 is 1.96. The van der Waals surface area contributed by atoms with Crippen LogP contribution in [-0.2, 0) is 0 Å². The van der Waals surface area contributed by atoms with E-state index in [2.05, 4.69) is 4.98 Å². The van der Waals surface area contributed by atoms with E-state index in [1.54, 1.807) is 13.8 Å². The molecule has 1 heterocycles. The number of carboxylic acids is 2. The van der Waals surface area contributed by atoms with Crippen molar-refractivity contribution < 1.29 is 29.3 Å². The number of aromatic carboxylic acids is 2. The first-order chi connectivity index (χ1) is 12.7. The maximum atomic E-state index is 12.1. The van der Waals surface area contributed by atoms with Crippen LogP contribution in [0.15, 0.2) is 16.9 Å². The number of aromatic amines is 1. The van der Waals surface area contributed by atoms with Crippen molar-refractivity contribution in [3.63, 3.8) is 0 Å². The van der Waals surface area contributed by atoms with Crippen LogP contribution < -0.4 is 20.8 Å². The molecule has 1 aromatic carbocycles. The van der Waals surface area contributed by atoms with Gasteiger partial charge in [-0.3, -0.25) is 4.79 Å². The largest absolute Gasteiger partial charge is 0.490 e. The number of H-pyrrole nitrogens is 1. The van der Waals surface area contributed by atoms with Crippen molar-refractivity contribution in [2.75, 3.05) is 18.9 Å². The van der Waals surface area contributed by atoms with E-state index in [0.29, 0.717) is 28.3 Å². The average molecular weight is 488 g/mol. The summed E-state index contributed by atoms with van der Waals surface area (Å²) in [4.78, 5) is 37.6. The summed E-state index contributed by atoms with van der Waals surface area (Å²) in [6.45, 7) is 4.22. The third kappa shape index (κ3) is 3.99. The standard InChI is InChI=1S/C17H17IN2O7/c1-3-26-9-6-7(5-8(18)13(9)27-4-2)10-11(16(22)23)14(19)20-15(21)12(10)17(24)25/h5-6H,3-4H2,1-2H3,(H,22,23)(H,24,25)(H3,19,20,21). The van der Waals surface area contributed by atoms with Crippen molar-refractivity contribution in [2.45, 2.75) is 13.8 Å². The molecule has 10 heteroatoms. The second-order valence-corrected chi connectivity index (χ2v) is 6.42. The SMILES string of the molecule is CCOc1cc(-c2c(C(=O)O)c(N)[nH]c(=O)c2C(=O)O)cc(I)c1OCC. The second-order valence-electron chi connectivity index (χ2n) is 5.25. The Bertz CT molecular complexity index is 969. The van der Waals surface area contributed by atoms with E-state index in [9.17, 15) is 24.6 Å². The molecule has 0 bridgehead atoms. The van der Waals surface area contributed by atoms with E-state index in [1.807, 2.05) is 22.6 Å². The van der Waals surface area contributed by atoms with Gasteiger partial charge < -0.3 is 30.4 Å². The van der Waals surface area contributed by atoms with Gasteiger partial charge >= 0.3 is 11.9 Å². The summed E-state index contributed by atoms with van der Waals surface area (Å²) in [7, 11) is 0. The van der Waals surface area contributed by atoms with Crippen LogP contribution in [0.1, 0.15) is 34.6 Å². The van der Waals surface area contributed by atoms with Gasteiger partial charge in [0.2, 0.25) is 0 Å². The minimum atomic E-state index is -1.57. The molecule has 9 nitrogen and oxygen atoms in total. The van der Waals surface area contributed by atoms with Crippen LogP contribution in [0.2, 0.25) is 0 Å². The molecule has 0 saturated carbocycles. The number of nitrogen functional groups attached to an aromatic ring is 1. The molecule has 0 fully saturated rings. The van der Waals surface area contributed by atoms with E-state index < -0.39 is 34.4 Å². The zero-order chi connectivity index (χ0) is 20.3. The Morgan fingerprint density at radius 3 is 2.22 bits per heavy atom. The third-order valence-corrected chi connectivity index (χ3v) is 4.36. The van der Waals surface area contributed by atoms with Gasteiger partial charge in [0, 0.05) is 5.56 Å². The Hall–Kier alpha value is -2.76. The monoisotopic (exact) mass is 488 g/mol. The molecule has 0 amide bonds. The molecule has 0 aliphatic rings. The number of rotatable bonds is 7. The summed E-state index contributed by atoms with van der Waals surface area (Å²) in [5, 5.41) is 19.0.